The molecule has 1 aromatic rings. The van der Waals surface area contributed by atoms with Gasteiger partial charge in [0.1, 0.15) is 0 Å². The zero-order valence-corrected chi connectivity index (χ0v) is 17.2. The summed E-state index contributed by atoms with van der Waals surface area (Å²) in [5.41, 5.74) is 1.21. The van der Waals surface area contributed by atoms with Gasteiger partial charge < -0.3 is 0 Å². The summed E-state index contributed by atoms with van der Waals surface area (Å²) in [5, 5.41) is 0. The van der Waals surface area contributed by atoms with Crippen molar-refractivity contribution >= 4 is 6.21 Å². The Morgan fingerprint density at radius 2 is 1.19 bits per heavy atom. The molecule has 0 radical (unpaired) electrons. The number of nitrogens with zero attached hydrogens (tertiary/aromatic N) is 1. The van der Waals surface area contributed by atoms with Gasteiger partial charge in [-0.05, 0) is 37.7 Å². The molecule has 0 saturated carbocycles. The maximum atomic E-state index is 4.51. The molecule has 1 rings (SSSR count). The predicted octanol–water partition coefficient (Wildman–Crippen LogP) is 8.14. The summed E-state index contributed by atoms with van der Waals surface area (Å²) in [4.78, 5) is 4.51. The molecule has 0 unspecified atom stereocenters. The van der Waals surface area contributed by atoms with E-state index in [-0.39, 0.29) is 0 Å². The molecule has 0 aliphatic carbocycles. The maximum absolute atomic E-state index is 4.51. The molecule has 146 valence electrons. The van der Waals surface area contributed by atoms with Crippen LogP contribution in [0.25, 0.3) is 0 Å². The number of unbranched alkanes of at least 4 members (excludes halogenated alkanes) is 12. The van der Waals surface area contributed by atoms with Crippen LogP contribution in [0.4, 0.5) is 0 Å². The average Bonchev–Trinajstić information content (AvgIpc) is 2.68. The Kier molecular flexibility index (Phi) is 16.1. The van der Waals surface area contributed by atoms with E-state index in [0.29, 0.717) is 0 Å². The fourth-order valence-electron chi connectivity index (χ4n) is 3.16. The summed E-state index contributed by atoms with van der Waals surface area (Å²) in [6.07, 6.45) is 25.8. The number of aliphatic imine (C=N–C) groups is 1. The van der Waals surface area contributed by atoms with Crippen molar-refractivity contribution in [2.45, 2.75) is 96.8 Å². The van der Waals surface area contributed by atoms with Crippen molar-refractivity contribution < 1.29 is 0 Å². The first kappa shape index (κ1) is 22.7. The van der Waals surface area contributed by atoms with Crippen LogP contribution < -0.4 is 0 Å². The quantitative estimate of drug-likeness (QED) is 0.152. The molecule has 0 fully saturated rings. The van der Waals surface area contributed by atoms with E-state index in [1.54, 1.807) is 0 Å². The average molecular weight is 356 g/mol. The predicted molar refractivity (Wildman–Crippen MR) is 118 cm³/mol. The van der Waals surface area contributed by atoms with E-state index in [1.165, 1.54) is 95.5 Å². The van der Waals surface area contributed by atoms with Crippen LogP contribution in [-0.2, 0) is 0 Å². The Balaban J connectivity index is 1.78. The highest BCUT2D eigenvalue weighted by molar-refractivity contribution is 5.79. The minimum atomic E-state index is 0.968. The molecule has 0 atom stereocenters. The molecular formula is C25H41N. The van der Waals surface area contributed by atoms with Crippen molar-refractivity contribution in [2.24, 2.45) is 4.99 Å². The van der Waals surface area contributed by atoms with Crippen molar-refractivity contribution in [3.63, 3.8) is 0 Å². The van der Waals surface area contributed by atoms with E-state index < -0.39 is 0 Å². The summed E-state index contributed by atoms with van der Waals surface area (Å²) in [5.74, 6) is 0. The second-order valence-electron chi connectivity index (χ2n) is 7.38. The van der Waals surface area contributed by atoms with Crippen molar-refractivity contribution in [3.8, 4) is 0 Å². The topological polar surface area (TPSA) is 12.4 Å². The monoisotopic (exact) mass is 355 g/mol. The number of allylic oxidation sites excluding steroid dienone is 2. The van der Waals surface area contributed by atoms with Gasteiger partial charge in [-0.1, -0.05) is 107 Å². The molecule has 0 aliphatic rings. The van der Waals surface area contributed by atoms with Gasteiger partial charge >= 0.3 is 0 Å². The van der Waals surface area contributed by atoms with Crippen LogP contribution in [0.5, 0.6) is 0 Å². The number of hydrogen-bond donors (Lipinski definition) is 0. The van der Waals surface area contributed by atoms with Crippen molar-refractivity contribution in [1.29, 1.82) is 0 Å². The second kappa shape index (κ2) is 18.4. The SMILES string of the molecule is CCCCCCCCC=CCCCCCCCCN=Cc1ccccc1. The molecule has 0 spiro atoms. The molecule has 1 heteroatoms. The molecule has 0 bridgehead atoms. The zero-order chi connectivity index (χ0) is 18.5. The van der Waals surface area contributed by atoms with Gasteiger partial charge in [0.2, 0.25) is 0 Å². The molecule has 0 saturated heterocycles. The molecule has 0 amide bonds. The Hall–Kier alpha value is -1.37. The van der Waals surface area contributed by atoms with Gasteiger partial charge in [0.05, 0.1) is 0 Å². The molecule has 0 N–H and O–H groups in total. The highest BCUT2D eigenvalue weighted by atomic mass is 14.7. The van der Waals surface area contributed by atoms with E-state index in [4.69, 9.17) is 0 Å². The highest BCUT2D eigenvalue weighted by Gasteiger charge is 1.91. The third-order valence-corrected chi connectivity index (χ3v) is 4.84. The van der Waals surface area contributed by atoms with Crippen LogP contribution in [0.1, 0.15) is 102 Å². The van der Waals surface area contributed by atoms with E-state index in [0.717, 1.165) is 6.54 Å². The number of rotatable bonds is 17. The largest absolute Gasteiger partial charge is 0.293 e. The zero-order valence-electron chi connectivity index (χ0n) is 17.2. The van der Waals surface area contributed by atoms with Crippen LogP contribution >= 0.6 is 0 Å². The number of benzene rings is 1. The Morgan fingerprint density at radius 3 is 1.81 bits per heavy atom. The van der Waals surface area contributed by atoms with E-state index in [9.17, 15) is 0 Å². The van der Waals surface area contributed by atoms with Crippen molar-refractivity contribution in [2.75, 3.05) is 6.54 Å². The smallest absolute Gasteiger partial charge is 0.0389 e. The Morgan fingerprint density at radius 1 is 0.654 bits per heavy atom. The molecule has 26 heavy (non-hydrogen) atoms. The van der Waals surface area contributed by atoms with Crippen LogP contribution in [0, 0.1) is 0 Å². The lowest BCUT2D eigenvalue weighted by Gasteiger charge is -2.00. The molecule has 0 aromatic heterocycles. The van der Waals surface area contributed by atoms with Crippen LogP contribution in [-0.4, -0.2) is 12.8 Å². The fraction of sp³-hybridized carbons (Fsp3) is 0.640. The Labute approximate surface area is 163 Å². The van der Waals surface area contributed by atoms with Gasteiger partial charge in [-0.15, -0.1) is 0 Å². The third-order valence-electron chi connectivity index (χ3n) is 4.84. The van der Waals surface area contributed by atoms with Crippen LogP contribution in [0.15, 0.2) is 47.5 Å². The molecule has 1 aromatic carbocycles. The summed E-state index contributed by atoms with van der Waals surface area (Å²) in [6, 6.07) is 10.4. The third kappa shape index (κ3) is 14.9. The normalized spacial score (nSPS) is 11.7. The standard InChI is InChI=1S/C25H41N/c1-2-3-4-5-6-7-8-9-10-11-12-13-14-15-16-20-23-26-24-25-21-18-17-19-22-25/h9-10,17-19,21-22,24H,2-8,11-16,20,23H2,1H3. The Bertz CT molecular complexity index is 446. The molecule has 0 heterocycles. The molecular weight excluding hydrogens is 314 g/mol. The van der Waals surface area contributed by atoms with Gasteiger partial charge in [-0.25, -0.2) is 0 Å². The van der Waals surface area contributed by atoms with Gasteiger partial charge in [0, 0.05) is 12.8 Å². The minimum Gasteiger partial charge on any atom is -0.293 e. The minimum absolute atomic E-state index is 0.968. The summed E-state index contributed by atoms with van der Waals surface area (Å²) < 4.78 is 0. The summed E-state index contributed by atoms with van der Waals surface area (Å²) in [6.45, 7) is 3.25. The first-order valence-corrected chi connectivity index (χ1v) is 11.1. The van der Waals surface area contributed by atoms with Gasteiger partial charge in [0.15, 0.2) is 0 Å². The lowest BCUT2D eigenvalue weighted by Crippen LogP contribution is -1.86. The van der Waals surface area contributed by atoms with Gasteiger partial charge in [-0.2, -0.15) is 0 Å². The van der Waals surface area contributed by atoms with Crippen molar-refractivity contribution in [1.82, 2.24) is 0 Å². The van der Waals surface area contributed by atoms with Gasteiger partial charge in [0.25, 0.3) is 0 Å². The highest BCUT2D eigenvalue weighted by Crippen LogP contribution is 2.10. The number of hydrogen-bond acceptors (Lipinski definition) is 1. The maximum Gasteiger partial charge on any atom is 0.0389 e. The molecule has 0 aliphatic heterocycles. The van der Waals surface area contributed by atoms with Crippen LogP contribution in [0.2, 0.25) is 0 Å². The lowest BCUT2D eigenvalue weighted by atomic mass is 10.1. The molecule has 1 nitrogen and oxygen atoms in total. The van der Waals surface area contributed by atoms with E-state index in [2.05, 4.69) is 48.3 Å². The van der Waals surface area contributed by atoms with Gasteiger partial charge in [-0.3, -0.25) is 4.99 Å². The first-order chi connectivity index (χ1) is 12.9. The first-order valence-electron chi connectivity index (χ1n) is 11.1. The summed E-state index contributed by atoms with van der Waals surface area (Å²) in [7, 11) is 0. The lowest BCUT2D eigenvalue weighted by molar-refractivity contribution is 0.599. The van der Waals surface area contributed by atoms with Crippen LogP contribution in [0.3, 0.4) is 0 Å². The van der Waals surface area contributed by atoms with Crippen molar-refractivity contribution in [3.05, 3.63) is 48.0 Å². The van der Waals surface area contributed by atoms with E-state index in [1.807, 2.05) is 12.3 Å². The second-order valence-corrected chi connectivity index (χ2v) is 7.38. The van der Waals surface area contributed by atoms with E-state index >= 15 is 0 Å². The fourth-order valence-corrected chi connectivity index (χ4v) is 3.16. The summed E-state index contributed by atoms with van der Waals surface area (Å²) >= 11 is 0.